The van der Waals surface area contributed by atoms with Crippen LogP contribution in [0.2, 0.25) is 5.02 Å². The summed E-state index contributed by atoms with van der Waals surface area (Å²) in [4.78, 5) is 23.7. The van der Waals surface area contributed by atoms with E-state index in [1.54, 1.807) is 6.07 Å². The third kappa shape index (κ3) is 4.69. The number of benzene rings is 2. The van der Waals surface area contributed by atoms with E-state index >= 15 is 0 Å². The number of hydrogen-bond acceptors (Lipinski definition) is 4. The van der Waals surface area contributed by atoms with Gasteiger partial charge in [0, 0.05) is 10.7 Å². The van der Waals surface area contributed by atoms with Crippen molar-refractivity contribution in [1.82, 2.24) is 0 Å². The van der Waals surface area contributed by atoms with Crippen molar-refractivity contribution in [2.24, 2.45) is 0 Å². The SMILES string of the molecule is COc1ccc(Cl)cc1C(=O)OCC(=O)Nc1ccc(F)cc1. The smallest absolute Gasteiger partial charge is 0.342 e. The van der Waals surface area contributed by atoms with Crippen molar-refractivity contribution in [2.75, 3.05) is 19.0 Å². The van der Waals surface area contributed by atoms with Crippen LogP contribution in [0.1, 0.15) is 10.4 Å². The number of amides is 1. The first kappa shape index (κ1) is 16.8. The summed E-state index contributed by atoms with van der Waals surface area (Å²) in [7, 11) is 1.40. The molecule has 0 aliphatic rings. The Hall–Kier alpha value is -2.60. The van der Waals surface area contributed by atoms with Crippen LogP contribution < -0.4 is 10.1 Å². The molecule has 0 fully saturated rings. The van der Waals surface area contributed by atoms with Crippen LogP contribution >= 0.6 is 11.6 Å². The lowest BCUT2D eigenvalue weighted by molar-refractivity contribution is -0.119. The van der Waals surface area contributed by atoms with Crippen LogP contribution in [-0.2, 0) is 9.53 Å². The number of rotatable bonds is 5. The molecule has 0 aromatic heterocycles. The van der Waals surface area contributed by atoms with Gasteiger partial charge in [-0.05, 0) is 42.5 Å². The zero-order chi connectivity index (χ0) is 16.8. The summed E-state index contributed by atoms with van der Waals surface area (Å²) < 4.78 is 22.7. The number of hydrogen-bond donors (Lipinski definition) is 1. The van der Waals surface area contributed by atoms with E-state index in [1.165, 1.54) is 43.5 Å². The van der Waals surface area contributed by atoms with Crippen molar-refractivity contribution in [3.8, 4) is 5.75 Å². The van der Waals surface area contributed by atoms with Gasteiger partial charge in [-0.2, -0.15) is 0 Å². The highest BCUT2D eigenvalue weighted by Crippen LogP contribution is 2.23. The number of carbonyl (C=O) groups is 2. The Bertz CT molecular complexity index is 719. The maximum absolute atomic E-state index is 12.8. The molecule has 1 amide bonds. The predicted molar refractivity (Wildman–Crippen MR) is 83.3 cm³/mol. The molecule has 0 aliphatic heterocycles. The molecule has 0 radical (unpaired) electrons. The van der Waals surface area contributed by atoms with E-state index in [4.69, 9.17) is 21.1 Å². The van der Waals surface area contributed by atoms with Crippen molar-refractivity contribution in [1.29, 1.82) is 0 Å². The zero-order valence-electron chi connectivity index (χ0n) is 12.1. The lowest BCUT2D eigenvalue weighted by atomic mass is 10.2. The lowest BCUT2D eigenvalue weighted by Gasteiger charge is -2.09. The standard InChI is InChI=1S/C16H13ClFNO4/c1-22-14-7-2-10(17)8-13(14)16(21)23-9-15(20)19-12-5-3-11(18)4-6-12/h2-8H,9H2,1H3,(H,19,20). The van der Waals surface area contributed by atoms with Gasteiger partial charge in [-0.15, -0.1) is 0 Å². The Morgan fingerprint density at radius 1 is 1.17 bits per heavy atom. The largest absolute Gasteiger partial charge is 0.496 e. The summed E-state index contributed by atoms with van der Waals surface area (Å²) in [6.45, 7) is -0.494. The summed E-state index contributed by atoms with van der Waals surface area (Å²) in [5.41, 5.74) is 0.516. The second-order valence-corrected chi connectivity index (χ2v) is 4.91. The highest BCUT2D eigenvalue weighted by molar-refractivity contribution is 6.31. The molecular weight excluding hydrogens is 325 g/mol. The molecule has 0 spiro atoms. The van der Waals surface area contributed by atoms with Crippen LogP contribution in [0.15, 0.2) is 42.5 Å². The molecule has 0 bridgehead atoms. The number of carbonyl (C=O) groups excluding carboxylic acids is 2. The first-order valence-corrected chi connectivity index (χ1v) is 6.93. The van der Waals surface area contributed by atoms with Crippen LogP contribution in [0.4, 0.5) is 10.1 Å². The molecule has 0 saturated carbocycles. The third-order valence-electron chi connectivity index (χ3n) is 2.84. The van der Waals surface area contributed by atoms with Crippen molar-refractivity contribution in [3.63, 3.8) is 0 Å². The molecule has 0 unspecified atom stereocenters. The Morgan fingerprint density at radius 2 is 1.87 bits per heavy atom. The zero-order valence-corrected chi connectivity index (χ0v) is 12.9. The molecule has 7 heteroatoms. The van der Waals surface area contributed by atoms with E-state index in [0.29, 0.717) is 16.5 Å². The molecule has 0 saturated heterocycles. The normalized spacial score (nSPS) is 10.0. The number of nitrogens with one attached hydrogen (secondary N) is 1. The number of halogens is 2. The van der Waals surface area contributed by atoms with Gasteiger partial charge in [-0.25, -0.2) is 9.18 Å². The van der Waals surface area contributed by atoms with E-state index in [-0.39, 0.29) is 5.56 Å². The average Bonchev–Trinajstić information content (AvgIpc) is 2.54. The predicted octanol–water partition coefficient (Wildman–Crippen LogP) is 3.28. The molecule has 0 aliphatic carbocycles. The van der Waals surface area contributed by atoms with Crippen LogP contribution in [0.25, 0.3) is 0 Å². The van der Waals surface area contributed by atoms with E-state index in [1.807, 2.05) is 0 Å². The van der Waals surface area contributed by atoms with Crippen molar-refractivity contribution in [3.05, 3.63) is 58.9 Å². The Morgan fingerprint density at radius 3 is 2.52 bits per heavy atom. The van der Waals surface area contributed by atoms with Gasteiger partial charge in [0.25, 0.3) is 5.91 Å². The highest BCUT2D eigenvalue weighted by Gasteiger charge is 2.16. The molecule has 5 nitrogen and oxygen atoms in total. The number of esters is 1. The Balaban J connectivity index is 1.95. The van der Waals surface area contributed by atoms with Gasteiger partial charge in [0.2, 0.25) is 0 Å². The molecule has 120 valence electrons. The number of methoxy groups -OCH3 is 1. The Labute approximate surface area is 137 Å². The van der Waals surface area contributed by atoms with Crippen molar-refractivity contribution in [2.45, 2.75) is 0 Å². The van der Waals surface area contributed by atoms with Gasteiger partial charge in [-0.1, -0.05) is 11.6 Å². The fourth-order valence-corrected chi connectivity index (χ4v) is 1.95. The van der Waals surface area contributed by atoms with E-state index in [2.05, 4.69) is 5.32 Å². The van der Waals surface area contributed by atoms with Gasteiger partial charge in [0.1, 0.15) is 17.1 Å². The average molecular weight is 338 g/mol. The summed E-state index contributed by atoms with van der Waals surface area (Å²) in [5, 5.41) is 2.82. The van der Waals surface area contributed by atoms with Gasteiger partial charge in [0.05, 0.1) is 7.11 Å². The monoisotopic (exact) mass is 337 g/mol. The second-order valence-electron chi connectivity index (χ2n) is 4.48. The summed E-state index contributed by atoms with van der Waals surface area (Å²) in [6, 6.07) is 9.69. The fraction of sp³-hybridized carbons (Fsp3) is 0.125. The molecule has 23 heavy (non-hydrogen) atoms. The van der Waals surface area contributed by atoms with Gasteiger partial charge < -0.3 is 14.8 Å². The second kappa shape index (κ2) is 7.60. The van der Waals surface area contributed by atoms with Crippen LogP contribution in [0.3, 0.4) is 0 Å². The molecule has 0 heterocycles. The molecule has 2 aromatic carbocycles. The molecule has 1 N–H and O–H groups in total. The number of anilines is 1. The first-order valence-electron chi connectivity index (χ1n) is 6.55. The van der Waals surface area contributed by atoms with Crippen LogP contribution in [0, 0.1) is 5.82 Å². The van der Waals surface area contributed by atoms with Gasteiger partial charge in [-0.3, -0.25) is 4.79 Å². The van der Waals surface area contributed by atoms with E-state index < -0.39 is 24.3 Å². The third-order valence-corrected chi connectivity index (χ3v) is 3.08. The maximum Gasteiger partial charge on any atom is 0.342 e. The quantitative estimate of drug-likeness (QED) is 0.850. The fourth-order valence-electron chi connectivity index (χ4n) is 1.78. The van der Waals surface area contributed by atoms with Crippen molar-refractivity contribution < 1.29 is 23.5 Å². The van der Waals surface area contributed by atoms with E-state index in [0.717, 1.165) is 0 Å². The van der Waals surface area contributed by atoms with Crippen molar-refractivity contribution >= 4 is 29.2 Å². The van der Waals surface area contributed by atoms with Gasteiger partial charge >= 0.3 is 5.97 Å². The Kier molecular flexibility index (Phi) is 5.54. The molecular formula is C16H13ClFNO4. The summed E-state index contributed by atoms with van der Waals surface area (Å²) >= 11 is 5.83. The summed E-state index contributed by atoms with van der Waals surface area (Å²) in [6.07, 6.45) is 0. The minimum Gasteiger partial charge on any atom is -0.496 e. The minimum absolute atomic E-state index is 0.120. The van der Waals surface area contributed by atoms with E-state index in [9.17, 15) is 14.0 Å². The van der Waals surface area contributed by atoms with Crippen LogP contribution in [-0.4, -0.2) is 25.6 Å². The first-order chi connectivity index (χ1) is 11.0. The highest BCUT2D eigenvalue weighted by atomic mass is 35.5. The van der Waals surface area contributed by atoms with Crippen LogP contribution in [0.5, 0.6) is 5.75 Å². The maximum atomic E-state index is 12.8. The molecule has 2 aromatic rings. The lowest BCUT2D eigenvalue weighted by Crippen LogP contribution is -2.21. The minimum atomic E-state index is -0.737. The summed E-state index contributed by atoms with van der Waals surface area (Å²) in [5.74, 6) is -1.41. The number of ether oxygens (including phenoxy) is 2. The topological polar surface area (TPSA) is 64.6 Å². The molecule has 2 rings (SSSR count). The molecule has 0 atom stereocenters. The van der Waals surface area contributed by atoms with Gasteiger partial charge in [0.15, 0.2) is 6.61 Å².